The molecule has 4 aromatic rings. The minimum atomic E-state index is -4.00. The van der Waals surface area contributed by atoms with Gasteiger partial charge in [0.15, 0.2) is 11.9 Å². The van der Waals surface area contributed by atoms with Crippen LogP contribution in [0.5, 0.6) is 5.75 Å². The molecule has 0 aliphatic heterocycles. The molecule has 1 amide bonds. The summed E-state index contributed by atoms with van der Waals surface area (Å²) >= 11 is 0. The monoisotopic (exact) mass is 557 g/mol. The second kappa shape index (κ2) is 12.0. The Morgan fingerprint density at radius 1 is 0.875 bits per heavy atom. The van der Waals surface area contributed by atoms with Gasteiger partial charge in [0.1, 0.15) is 17.7 Å². The Hall–Kier alpha value is -3.97. The fourth-order valence-corrected chi connectivity index (χ4v) is 5.83. The first-order valence-corrected chi connectivity index (χ1v) is 14.9. The number of hydrogen-bond donors (Lipinski definition) is 0. The summed E-state index contributed by atoms with van der Waals surface area (Å²) in [5, 5.41) is 0. The third-order valence-electron chi connectivity index (χ3n) is 7.32. The number of nitrogens with zero attached hydrogens (tertiary/aromatic N) is 2. The summed E-state index contributed by atoms with van der Waals surface area (Å²) in [6.45, 7) is 11.3. The molecule has 6 nitrogen and oxygen atoms in total. The van der Waals surface area contributed by atoms with Crippen molar-refractivity contribution in [3.05, 3.63) is 124 Å². The normalized spacial score (nSPS) is 12.2. The molecule has 0 aliphatic rings. The van der Waals surface area contributed by atoms with Crippen LogP contribution in [0, 0.1) is 20.8 Å². The van der Waals surface area contributed by atoms with Crippen LogP contribution < -0.4 is 8.75 Å². The second-order valence-electron chi connectivity index (χ2n) is 10.1. The molecule has 208 valence electrons. The van der Waals surface area contributed by atoms with Crippen molar-refractivity contribution in [3.63, 3.8) is 0 Å². The molecule has 0 radical (unpaired) electrons. The highest BCUT2D eigenvalue weighted by Gasteiger charge is 2.24. The molecule has 1 unspecified atom stereocenters. The number of carbonyl (C=O) groups is 1. The van der Waals surface area contributed by atoms with Crippen LogP contribution in [0.3, 0.4) is 0 Å². The predicted octanol–water partition coefficient (Wildman–Crippen LogP) is 5.87. The van der Waals surface area contributed by atoms with Gasteiger partial charge in [0, 0.05) is 43.1 Å². The first-order chi connectivity index (χ1) is 19.0. The lowest BCUT2D eigenvalue weighted by Gasteiger charge is -2.22. The fraction of sp³-hybridized carbons (Fsp3) is 0.273. The number of aromatic nitrogens is 1. The molecule has 4 rings (SSSR count). The summed E-state index contributed by atoms with van der Waals surface area (Å²) < 4.78 is 33.7. The van der Waals surface area contributed by atoms with E-state index in [4.69, 9.17) is 4.18 Å². The van der Waals surface area contributed by atoms with Gasteiger partial charge in [0.25, 0.3) is 5.91 Å². The van der Waals surface area contributed by atoms with Crippen LogP contribution in [-0.2, 0) is 17.2 Å². The minimum Gasteiger partial charge on any atom is -0.379 e. The molecule has 0 fully saturated rings. The van der Waals surface area contributed by atoms with E-state index in [0.29, 0.717) is 18.7 Å². The third-order valence-corrected chi connectivity index (χ3v) is 8.58. The maximum absolute atomic E-state index is 13.0. The zero-order valence-corrected chi connectivity index (χ0v) is 24.8. The van der Waals surface area contributed by atoms with E-state index in [1.807, 2.05) is 64.2 Å². The fourth-order valence-electron chi connectivity index (χ4n) is 4.91. The molecular formula is C33H37N2O4S+. The summed E-state index contributed by atoms with van der Waals surface area (Å²) in [6.07, 6.45) is 2.10. The molecule has 1 heterocycles. The van der Waals surface area contributed by atoms with E-state index in [2.05, 4.69) is 30.7 Å². The Morgan fingerprint density at radius 2 is 1.52 bits per heavy atom. The van der Waals surface area contributed by atoms with Crippen LogP contribution in [0.2, 0.25) is 0 Å². The maximum Gasteiger partial charge on any atom is 0.339 e. The van der Waals surface area contributed by atoms with E-state index >= 15 is 0 Å². The molecule has 0 N–H and O–H groups in total. The Morgan fingerprint density at radius 3 is 2.15 bits per heavy atom. The smallest absolute Gasteiger partial charge is 0.339 e. The third kappa shape index (κ3) is 6.26. The van der Waals surface area contributed by atoms with E-state index in [-0.39, 0.29) is 22.5 Å². The molecule has 0 spiro atoms. The van der Waals surface area contributed by atoms with Gasteiger partial charge in [-0.3, -0.25) is 4.79 Å². The Bertz CT molecular complexity index is 1610. The van der Waals surface area contributed by atoms with E-state index < -0.39 is 10.1 Å². The lowest BCUT2D eigenvalue weighted by Crippen LogP contribution is -2.32. The van der Waals surface area contributed by atoms with Gasteiger partial charge < -0.3 is 9.08 Å². The maximum atomic E-state index is 13.0. The second-order valence-corrected chi connectivity index (χ2v) is 11.7. The van der Waals surface area contributed by atoms with E-state index in [0.717, 1.165) is 33.5 Å². The van der Waals surface area contributed by atoms with Gasteiger partial charge in [-0.25, -0.2) is 4.57 Å². The highest BCUT2D eigenvalue weighted by atomic mass is 32.2. The van der Waals surface area contributed by atoms with Crippen LogP contribution in [0.25, 0.3) is 0 Å². The molecule has 0 saturated carbocycles. The van der Waals surface area contributed by atoms with Crippen LogP contribution in [-0.4, -0.2) is 32.3 Å². The summed E-state index contributed by atoms with van der Waals surface area (Å²) in [6, 6.07) is 23.7. The summed E-state index contributed by atoms with van der Waals surface area (Å²) in [7, 11) is -1.98. The number of benzene rings is 3. The topological polar surface area (TPSA) is 67.6 Å². The van der Waals surface area contributed by atoms with Crippen molar-refractivity contribution in [1.82, 2.24) is 4.90 Å². The van der Waals surface area contributed by atoms with Crippen LogP contribution in [0.15, 0.2) is 90.0 Å². The molecular weight excluding hydrogens is 520 g/mol. The lowest BCUT2D eigenvalue weighted by molar-refractivity contribution is -0.678. The first kappa shape index (κ1) is 29.0. The lowest BCUT2D eigenvalue weighted by atomic mass is 9.83. The average Bonchev–Trinajstić information content (AvgIpc) is 2.93. The zero-order valence-electron chi connectivity index (χ0n) is 24.0. The molecule has 1 atom stereocenters. The minimum absolute atomic E-state index is 0.00331. The van der Waals surface area contributed by atoms with Gasteiger partial charge in [0.05, 0.1) is 0 Å². The zero-order chi connectivity index (χ0) is 29.0. The predicted molar refractivity (Wildman–Crippen MR) is 157 cm³/mol. The summed E-state index contributed by atoms with van der Waals surface area (Å²) in [4.78, 5) is 14.8. The quantitative estimate of drug-likeness (QED) is 0.191. The average molecular weight is 558 g/mol. The standard InChI is InChI=1S/C33H37N2O4S/c1-7-35(8-2)33(36)27-16-14-26(15-17-27)32(31-20-25(5)34(6)22-24(31)4)28-10-9-11-29(21-28)39-40(37,38)30-18-12-23(3)13-19-30/h9-22,32H,7-8H2,1-6H3/q+1. The molecule has 0 saturated heterocycles. The van der Waals surface area contributed by atoms with Gasteiger partial charge in [-0.05, 0) is 80.8 Å². The largest absolute Gasteiger partial charge is 0.379 e. The molecule has 7 heteroatoms. The number of rotatable bonds is 9. The Kier molecular flexibility index (Phi) is 8.74. The van der Waals surface area contributed by atoms with Gasteiger partial charge in [-0.1, -0.05) is 42.0 Å². The number of hydrogen-bond acceptors (Lipinski definition) is 4. The highest BCUT2D eigenvalue weighted by molar-refractivity contribution is 7.87. The van der Waals surface area contributed by atoms with Crippen molar-refractivity contribution < 1.29 is 22.0 Å². The first-order valence-electron chi connectivity index (χ1n) is 13.5. The van der Waals surface area contributed by atoms with Crippen LogP contribution >= 0.6 is 0 Å². The molecule has 40 heavy (non-hydrogen) atoms. The van der Waals surface area contributed by atoms with Crippen molar-refractivity contribution in [2.75, 3.05) is 13.1 Å². The summed E-state index contributed by atoms with van der Waals surface area (Å²) in [5.74, 6) is 0.0407. The number of amides is 1. The summed E-state index contributed by atoms with van der Waals surface area (Å²) in [5.41, 5.74) is 6.77. The molecule has 1 aromatic heterocycles. The van der Waals surface area contributed by atoms with Crippen molar-refractivity contribution in [2.45, 2.75) is 45.4 Å². The Balaban J connectivity index is 1.78. The molecule has 0 bridgehead atoms. The number of aryl methyl sites for hydroxylation is 4. The molecule has 3 aromatic carbocycles. The van der Waals surface area contributed by atoms with Crippen LogP contribution in [0.4, 0.5) is 0 Å². The van der Waals surface area contributed by atoms with Crippen molar-refractivity contribution in [1.29, 1.82) is 0 Å². The SMILES string of the molecule is CCN(CC)C(=O)c1ccc(C(c2cccc(OS(=O)(=O)c3ccc(C)cc3)c2)c2cc(C)[n+](C)cc2C)cc1. The van der Waals surface area contributed by atoms with Gasteiger partial charge in [-0.2, -0.15) is 8.42 Å². The van der Waals surface area contributed by atoms with Crippen LogP contribution in [0.1, 0.15) is 63.6 Å². The van der Waals surface area contributed by atoms with Gasteiger partial charge in [0.2, 0.25) is 0 Å². The van der Waals surface area contributed by atoms with E-state index in [9.17, 15) is 13.2 Å². The Labute approximate surface area is 238 Å². The number of carbonyl (C=O) groups excluding carboxylic acids is 1. The van der Waals surface area contributed by atoms with Crippen molar-refractivity contribution in [2.24, 2.45) is 7.05 Å². The van der Waals surface area contributed by atoms with Gasteiger partial charge in [-0.15, -0.1) is 0 Å². The van der Waals surface area contributed by atoms with Gasteiger partial charge >= 0.3 is 10.1 Å². The number of pyridine rings is 1. The van der Waals surface area contributed by atoms with Crippen molar-refractivity contribution in [3.8, 4) is 5.75 Å². The van der Waals surface area contributed by atoms with Crippen molar-refractivity contribution >= 4 is 16.0 Å². The highest BCUT2D eigenvalue weighted by Crippen LogP contribution is 2.36. The molecule has 0 aliphatic carbocycles. The van der Waals surface area contributed by atoms with E-state index in [1.54, 1.807) is 41.3 Å². The van der Waals surface area contributed by atoms with E-state index in [1.165, 1.54) is 0 Å².